The molecule has 2 aromatic rings. The molecule has 0 radical (unpaired) electrons. The maximum absolute atomic E-state index is 6.13. The topological polar surface area (TPSA) is 38.9 Å². The van der Waals surface area contributed by atoms with Crippen molar-refractivity contribution in [2.45, 2.75) is 19.9 Å². The van der Waals surface area contributed by atoms with Crippen molar-refractivity contribution in [3.05, 3.63) is 49.4 Å². The quantitative estimate of drug-likeness (QED) is 0.932. The fraction of sp³-hybridized carbons (Fsp3) is 0.250. The van der Waals surface area contributed by atoms with Crippen LogP contribution in [0.15, 0.2) is 18.2 Å². The van der Waals surface area contributed by atoms with Crippen LogP contribution in [0.4, 0.5) is 0 Å². The number of thiazole rings is 1. The van der Waals surface area contributed by atoms with Gasteiger partial charge in [0.05, 0.1) is 10.7 Å². The Bertz CT molecular complexity index is 537. The van der Waals surface area contributed by atoms with E-state index >= 15 is 0 Å². The SMILES string of the molecule is Cc1nc(Cc2ccc(Cl)cc2Cl)sc1CN. The van der Waals surface area contributed by atoms with E-state index in [9.17, 15) is 0 Å². The van der Waals surface area contributed by atoms with Gasteiger partial charge in [0.15, 0.2) is 0 Å². The van der Waals surface area contributed by atoms with Crippen molar-refractivity contribution >= 4 is 34.5 Å². The Morgan fingerprint density at radius 3 is 2.71 bits per heavy atom. The summed E-state index contributed by atoms with van der Waals surface area (Å²) in [7, 11) is 0. The number of rotatable bonds is 3. The van der Waals surface area contributed by atoms with Gasteiger partial charge in [-0.15, -0.1) is 11.3 Å². The predicted molar refractivity (Wildman–Crippen MR) is 74.0 cm³/mol. The van der Waals surface area contributed by atoms with Gasteiger partial charge in [0.2, 0.25) is 0 Å². The Hall–Kier alpha value is -0.610. The van der Waals surface area contributed by atoms with E-state index in [0.29, 0.717) is 16.6 Å². The average Bonchev–Trinajstić information content (AvgIpc) is 2.63. The summed E-state index contributed by atoms with van der Waals surface area (Å²) in [5.41, 5.74) is 7.68. The summed E-state index contributed by atoms with van der Waals surface area (Å²) in [6, 6.07) is 5.53. The summed E-state index contributed by atoms with van der Waals surface area (Å²) in [4.78, 5) is 5.62. The molecule has 0 aliphatic heterocycles. The van der Waals surface area contributed by atoms with E-state index in [4.69, 9.17) is 28.9 Å². The minimum absolute atomic E-state index is 0.540. The molecule has 2 nitrogen and oxygen atoms in total. The Morgan fingerprint density at radius 2 is 2.12 bits per heavy atom. The van der Waals surface area contributed by atoms with Gasteiger partial charge in [-0.1, -0.05) is 29.3 Å². The third kappa shape index (κ3) is 2.99. The van der Waals surface area contributed by atoms with E-state index in [1.54, 1.807) is 17.4 Å². The molecule has 5 heteroatoms. The van der Waals surface area contributed by atoms with E-state index in [0.717, 1.165) is 27.6 Å². The van der Waals surface area contributed by atoms with Crippen LogP contribution >= 0.6 is 34.5 Å². The lowest BCUT2D eigenvalue weighted by molar-refractivity contribution is 1.04. The third-order valence-corrected chi connectivity index (χ3v) is 4.25. The first kappa shape index (κ1) is 12.8. The van der Waals surface area contributed by atoms with Gasteiger partial charge in [-0.2, -0.15) is 0 Å². The highest BCUT2D eigenvalue weighted by Gasteiger charge is 2.09. The van der Waals surface area contributed by atoms with Gasteiger partial charge in [0.25, 0.3) is 0 Å². The van der Waals surface area contributed by atoms with Crippen LogP contribution in [0.25, 0.3) is 0 Å². The first-order valence-electron chi connectivity index (χ1n) is 5.19. The Labute approximate surface area is 114 Å². The third-order valence-electron chi connectivity index (χ3n) is 2.48. The number of aromatic nitrogens is 1. The number of nitrogens with two attached hydrogens (primary N) is 1. The van der Waals surface area contributed by atoms with Gasteiger partial charge >= 0.3 is 0 Å². The van der Waals surface area contributed by atoms with Crippen molar-refractivity contribution in [2.75, 3.05) is 0 Å². The van der Waals surface area contributed by atoms with Crippen LogP contribution in [0.1, 0.15) is 21.1 Å². The summed E-state index contributed by atoms with van der Waals surface area (Å²) in [6.45, 7) is 2.52. The number of hydrogen-bond acceptors (Lipinski definition) is 3. The minimum Gasteiger partial charge on any atom is -0.326 e. The van der Waals surface area contributed by atoms with Crippen molar-refractivity contribution in [3.63, 3.8) is 0 Å². The van der Waals surface area contributed by atoms with Crippen molar-refractivity contribution < 1.29 is 0 Å². The molecule has 17 heavy (non-hydrogen) atoms. The highest BCUT2D eigenvalue weighted by molar-refractivity contribution is 7.11. The predicted octanol–water partition coefficient (Wildman–Crippen LogP) is 3.81. The highest BCUT2D eigenvalue weighted by atomic mass is 35.5. The van der Waals surface area contributed by atoms with E-state index in [-0.39, 0.29) is 0 Å². The van der Waals surface area contributed by atoms with Gasteiger partial charge in [-0.3, -0.25) is 0 Å². The van der Waals surface area contributed by atoms with Crippen molar-refractivity contribution in [3.8, 4) is 0 Å². The molecular formula is C12H12Cl2N2S. The molecule has 0 amide bonds. The number of halogens is 2. The lowest BCUT2D eigenvalue weighted by Crippen LogP contribution is -1.94. The first-order chi connectivity index (χ1) is 8.10. The van der Waals surface area contributed by atoms with Gasteiger partial charge < -0.3 is 5.73 Å². The van der Waals surface area contributed by atoms with Crippen LogP contribution in [-0.4, -0.2) is 4.98 Å². The molecule has 0 unspecified atom stereocenters. The van der Waals surface area contributed by atoms with E-state index < -0.39 is 0 Å². The number of benzene rings is 1. The van der Waals surface area contributed by atoms with Crippen LogP contribution in [0.2, 0.25) is 10.0 Å². The number of hydrogen-bond donors (Lipinski definition) is 1. The maximum atomic E-state index is 6.13. The Kier molecular flexibility index (Phi) is 4.05. The van der Waals surface area contributed by atoms with Crippen LogP contribution in [0, 0.1) is 6.92 Å². The largest absolute Gasteiger partial charge is 0.326 e. The summed E-state index contributed by atoms with van der Waals surface area (Å²) in [5.74, 6) is 0. The fourth-order valence-electron chi connectivity index (χ4n) is 1.58. The monoisotopic (exact) mass is 286 g/mol. The molecule has 0 spiro atoms. The normalized spacial score (nSPS) is 10.8. The summed E-state index contributed by atoms with van der Waals surface area (Å²) in [5, 5.41) is 2.36. The zero-order valence-electron chi connectivity index (χ0n) is 9.34. The molecule has 1 aromatic heterocycles. The van der Waals surface area contributed by atoms with Crippen LogP contribution < -0.4 is 5.73 Å². The van der Waals surface area contributed by atoms with Gasteiger partial charge in [0.1, 0.15) is 0 Å². The van der Waals surface area contributed by atoms with Crippen LogP contribution in [0.5, 0.6) is 0 Å². The summed E-state index contributed by atoms with van der Waals surface area (Å²) >= 11 is 13.6. The fourth-order valence-corrected chi connectivity index (χ4v) is 3.03. The maximum Gasteiger partial charge on any atom is 0.0975 e. The second-order valence-electron chi connectivity index (χ2n) is 3.73. The van der Waals surface area contributed by atoms with E-state index in [2.05, 4.69) is 4.98 Å². The molecule has 0 bridgehead atoms. The number of aryl methyl sites for hydroxylation is 1. The standard InChI is InChI=1S/C12H12Cl2N2S/c1-7-11(6-15)17-12(16-7)4-8-2-3-9(13)5-10(8)14/h2-3,5H,4,6,15H2,1H3. The van der Waals surface area contributed by atoms with E-state index in [1.807, 2.05) is 19.1 Å². The van der Waals surface area contributed by atoms with Gasteiger partial charge in [-0.25, -0.2) is 4.98 Å². The molecule has 90 valence electrons. The van der Waals surface area contributed by atoms with Crippen LogP contribution in [-0.2, 0) is 13.0 Å². The lowest BCUT2D eigenvalue weighted by atomic mass is 10.1. The molecule has 2 rings (SSSR count). The summed E-state index contributed by atoms with van der Waals surface area (Å²) < 4.78 is 0. The molecule has 2 N–H and O–H groups in total. The van der Waals surface area contributed by atoms with Gasteiger partial charge in [-0.05, 0) is 24.6 Å². The molecule has 0 saturated carbocycles. The molecule has 0 fully saturated rings. The van der Waals surface area contributed by atoms with Crippen molar-refractivity contribution in [1.82, 2.24) is 4.98 Å². The van der Waals surface area contributed by atoms with Crippen LogP contribution in [0.3, 0.4) is 0 Å². The minimum atomic E-state index is 0.540. The van der Waals surface area contributed by atoms with E-state index in [1.165, 1.54) is 0 Å². The smallest absolute Gasteiger partial charge is 0.0975 e. The number of nitrogens with zero attached hydrogens (tertiary/aromatic N) is 1. The zero-order valence-corrected chi connectivity index (χ0v) is 11.7. The average molecular weight is 287 g/mol. The molecule has 0 aliphatic rings. The van der Waals surface area contributed by atoms with Gasteiger partial charge in [0, 0.05) is 27.9 Å². The molecular weight excluding hydrogens is 275 g/mol. The second-order valence-corrected chi connectivity index (χ2v) is 5.74. The lowest BCUT2D eigenvalue weighted by Gasteiger charge is -2.01. The second kappa shape index (κ2) is 5.36. The molecule has 0 saturated heterocycles. The Balaban J connectivity index is 2.25. The highest BCUT2D eigenvalue weighted by Crippen LogP contribution is 2.26. The van der Waals surface area contributed by atoms with Crippen molar-refractivity contribution in [1.29, 1.82) is 0 Å². The molecule has 1 heterocycles. The molecule has 1 aromatic carbocycles. The summed E-state index contributed by atoms with van der Waals surface area (Å²) in [6.07, 6.45) is 0.724. The Morgan fingerprint density at radius 1 is 1.35 bits per heavy atom. The first-order valence-corrected chi connectivity index (χ1v) is 6.76. The molecule has 0 atom stereocenters. The van der Waals surface area contributed by atoms with Crippen molar-refractivity contribution in [2.24, 2.45) is 5.73 Å². The molecule has 0 aliphatic carbocycles. The zero-order chi connectivity index (χ0) is 12.4.